The maximum Gasteiger partial charge on any atom is 0.336 e. The average Bonchev–Trinajstić information content (AvgIpc) is 2.78. The Labute approximate surface area is 188 Å². The summed E-state index contributed by atoms with van der Waals surface area (Å²) in [6, 6.07) is 17.0. The van der Waals surface area contributed by atoms with Crippen LogP contribution < -0.4 is 0 Å². The molecule has 1 aliphatic rings. The Balaban J connectivity index is 2.27. The van der Waals surface area contributed by atoms with Crippen LogP contribution in [0.2, 0.25) is 0 Å². The normalized spacial score (nSPS) is 17.9. The van der Waals surface area contributed by atoms with Gasteiger partial charge in [-0.3, -0.25) is 9.79 Å². The third-order valence-corrected chi connectivity index (χ3v) is 5.46. The summed E-state index contributed by atoms with van der Waals surface area (Å²) in [6.45, 7) is 7.45. The highest BCUT2D eigenvalue weighted by Crippen LogP contribution is 2.43. The number of esters is 2. The van der Waals surface area contributed by atoms with Gasteiger partial charge in [-0.2, -0.15) is 5.26 Å². The molecule has 2 aromatic carbocycles. The lowest BCUT2D eigenvalue weighted by molar-refractivity contribution is -0.146. The van der Waals surface area contributed by atoms with Crippen molar-refractivity contribution >= 4 is 17.7 Å². The lowest BCUT2D eigenvalue weighted by Gasteiger charge is -2.32. The highest BCUT2D eigenvalue weighted by molar-refractivity contribution is 6.07. The molecule has 0 N–H and O–H groups in total. The summed E-state index contributed by atoms with van der Waals surface area (Å²) in [5, 5.41) is 9.35. The smallest absolute Gasteiger partial charge is 0.336 e. The van der Waals surface area contributed by atoms with Crippen LogP contribution in [0.1, 0.15) is 44.7 Å². The molecule has 32 heavy (non-hydrogen) atoms. The molecule has 6 heteroatoms. The molecular formula is C26H26N2O4. The SMILES string of the molecule is CCOC(=O)C1=C(C)N=C(C)C(C(=O)OCC)C1c1ccccc1-c1cccc(C#N)c1. The molecule has 0 aliphatic carbocycles. The highest BCUT2D eigenvalue weighted by Gasteiger charge is 2.43. The van der Waals surface area contributed by atoms with Crippen molar-refractivity contribution in [1.82, 2.24) is 0 Å². The van der Waals surface area contributed by atoms with Crippen molar-refractivity contribution in [3.63, 3.8) is 0 Å². The molecule has 2 atom stereocenters. The van der Waals surface area contributed by atoms with E-state index in [0.29, 0.717) is 22.5 Å². The predicted molar refractivity (Wildman–Crippen MR) is 122 cm³/mol. The molecule has 0 aromatic heterocycles. The zero-order valence-electron chi connectivity index (χ0n) is 18.7. The minimum absolute atomic E-state index is 0.209. The second kappa shape index (κ2) is 10.1. The summed E-state index contributed by atoms with van der Waals surface area (Å²) >= 11 is 0. The lowest BCUT2D eigenvalue weighted by atomic mass is 9.73. The number of nitriles is 1. The van der Waals surface area contributed by atoms with Gasteiger partial charge in [-0.05, 0) is 56.5 Å². The number of aliphatic imine (C=N–C) groups is 1. The Kier molecular flexibility index (Phi) is 7.21. The molecule has 6 nitrogen and oxygen atoms in total. The summed E-state index contributed by atoms with van der Waals surface area (Å²) in [7, 11) is 0. The van der Waals surface area contributed by atoms with E-state index in [4.69, 9.17) is 9.47 Å². The van der Waals surface area contributed by atoms with Gasteiger partial charge in [0.1, 0.15) is 5.92 Å². The first-order chi connectivity index (χ1) is 15.4. The van der Waals surface area contributed by atoms with E-state index in [2.05, 4.69) is 11.1 Å². The first-order valence-corrected chi connectivity index (χ1v) is 10.6. The van der Waals surface area contributed by atoms with Crippen molar-refractivity contribution in [3.05, 3.63) is 70.9 Å². The number of carbonyl (C=O) groups excluding carboxylic acids is 2. The zero-order valence-corrected chi connectivity index (χ0v) is 18.7. The quantitative estimate of drug-likeness (QED) is 0.614. The maximum absolute atomic E-state index is 13.1. The minimum Gasteiger partial charge on any atom is -0.465 e. The van der Waals surface area contributed by atoms with Gasteiger partial charge < -0.3 is 9.47 Å². The number of allylic oxidation sites excluding steroid dienone is 1. The van der Waals surface area contributed by atoms with Gasteiger partial charge in [0.15, 0.2) is 0 Å². The van der Waals surface area contributed by atoms with Gasteiger partial charge in [0.25, 0.3) is 0 Å². The Morgan fingerprint density at radius 3 is 2.44 bits per heavy atom. The zero-order chi connectivity index (χ0) is 23.3. The van der Waals surface area contributed by atoms with Gasteiger partial charge in [-0.15, -0.1) is 0 Å². The number of hydrogen-bond donors (Lipinski definition) is 0. The second-order valence-electron chi connectivity index (χ2n) is 7.46. The van der Waals surface area contributed by atoms with Crippen molar-refractivity contribution in [3.8, 4) is 17.2 Å². The Morgan fingerprint density at radius 2 is 1.75 bits per heavy atom. The van der Waals surface area contributed by atoms with Crippen molar-refractivity contribution in [1.29, 1.82) is 5.26 Å². The summed E-state index contributed by atoms with van der Waals surface area (Å²) in [4.78, 5) is 30.6. The fourth-order valence-electron chi connectivity index (χ4n) is 4.17. The van der Waals surface area contributed by atoms with Crippen LogP contribution in [-0.2, 0) is 19.1 Å². The summed E-state index contributed by atoms with van der Waals surface area (Å²) in [5.41, 5.74) is 4.40. The van der Waals surface area contributed by atoms with Gasteiger partial charge in [-0.25, -0.2) is 4.79 Å². The molecule has 164 valence electrons. The van der Waals surface area contributed by atoms with Crippen molar-refractivity contribution in [2.45, 2.75) is 33.6 Å². The molecule has 1 heterocycles. The van der Waals surface area contributed by atoms with Crippen LogP contribution in [-0.4, -0.2) is 30.9 Å². The average molecular weight is 431 g/mol. The Bertz CT molecular complexity index is 1140. The molecule has 0 amide bonds. The summed E-state index contributed by atoms with van der Waals surface area (Å²) in [6.07, 6.45) is 0. The number of benzene rings is 2. The molecule has 0 bridgehead atoms. The molecule has 0 fully saturated rings. The van der Waals surface area contributed by atoms with Crippen molar-refractivity contribution < 1.29 is 19.1 Å². The highest BCUT2D eigenvalue weighted by atomic mass is 16.5. The Morgan fingerprint density at radius 1 is 1.03 bits per heavy atom. The third kappa shape index (κ3) is 4.47. The van der Waals surface area contributed by atoms with E-state index in [1.807, 2.05) is 36.4 Å². The fraction of sp³-hybridized carbons (Fsp3) is 0.308. The van der Waals surface area contributed by atoms with Gasteiger partial charge in [0, 0.05) is 17.3 Å². The summed E-state index contributed by atoms with van der Waals surface area (Å²) < 4.78 is 10.7. The third-order valence-electron chi connectivity index (χ3n) is 5.46. The van der Waals surface area contributed by atoms with Crippen LogP contribution in [0.3, 0.4) is 0 Å². The number of rotatable bonds is 6. The number of hydrogen-bond acceptors (Lipinski definition) is 6. The molecule has 0 saturated heterocycles. The van der Waals surface area contributed by atoms with Gasteiger partial charge in [-0.1, -0.05) is 36.4 Å². The van der Waals surface area contributed by atoms with Gasteiger partial charge in [0.2, 0.25) is 0 Å². The minimum atomic E-state index is -0.765. The van der Waals surface area contributed by atoms with Crippen molar-refractivity contribution in [2.24, 2.45) is 10.9 Å². The van der Waals surface area contributed by atoms with E-state index in [-0.39, 0.29) is 13.2 Å². The molecular weight excluding hydrogens is 404 g/mol. The van der Waals surface area contributed by atoms with Crippen LogP contribution in [0.4, 0.5) is 0 Å². The predicted octanol–water partition coefficient (Wildman–Crippen LogP) is 4.80. The second-order valence-corrected chi connectivity index (χ2v) is 7.46. The topological polar surface area (TPSA) is 88.8 Å². The van der Waals surface area contributed by atoms with E-state index < -0.39 is 23.8 Å². The van der Waals surface area contributed by atoms with Crippen LogP contribution in [0.25, 0.3) is 11.1 Å². The molecule has 0 radical (unpaired) electrons. The van der Waals surface area contributed by atoms with Crippen LogP contribution in [0.15, 0.2) is 64.8 Å². The van der Waals surface area contributed by atoms with Gasteiger partial charge >= 0.3 is 11.9 Å². The molecule has 0 spiro atoms. The Hall–Kier alpha value is -3.72. The number of nitrogens with zero attached hydrogens (tertiary/aromatic N) is 2. The number of carbonyl (C=O) groups is 2. The molecule has 0 saturated carbocycles. The first kappa shape index (κ1) is 23.0. The maximum atomic E-state index is 13.1. The lowest BCUT2D eigenvalue weighted by Crippen LogP contribution is -2.36. The number of ether oxygens (including phenoxy) is 2. The van der Waals surface area contributed by atoms with Crippen molar-refractivity contribution in [2.75, 3.05) is 13.2 Å². The standard InChI is InChI=1S/C26H26N2O4/c1-5-31-25(29)22-16(3)28-17(4)23(26(30)32-6-2)24(22)21-13-8-7-12-20(21)19-11-9-10-18(14-19)15-27/h7-14,22,24H,5-6H2,1-4H3. The molecule has 3 rings (SSSR count). The van der Waals surface area contributed by atoms with Crippen LogP contribution in [0.5, 0.6) is 0 Å². The first-order valence-electron chi connectivity index (χ1n) is 10.6. The van der Waals surface area contributed by atoms with Crippen LogP contribution in [0, 0.1) is 17.2 Å². The van der Waals surface area contributed by atoms with E-state index in [0.717, 1.165) is 16.7 Å². The van der Waals surface area contributed by atoms with E-state index in [9.17, 15) is 14.9 Å². The van der Waals surface area contributed by atoms with Crippen LogP contribution >= 0.6 is 0 Å². The molecule has 2 unspecified atom stereocenters. The molecule has 1 aliphatic heterocycles. The fourth-order valence-corrected chi connectivity index (χ4v) is 4.17. The van der Waals surface area contributed by atoms with E-state index in [1.165, 1.54) is 0 Å². The molecule has 2 aromatic rings. The van der Waals surface area contributed by atoms with E-state index in [1.54, 1.807) is 39.8 Å². The summed E-state index contributed by atoms with van der Waals surface area (Å²) in [5.74, 6) is -2.33. The van der Waals surface area contributed by atoms with E-state index >= 15 is 0 Å². The monoisotopic (exact) mass is 430 g/mol. The largest absolute Gasteiger partial charge is 0.465 e. The van der Waals surface area contributed by atoms with Gasteiger partial charge in [0.05, 0.1) is 30.4 Å².